The van der Waals surface area contributed by atoms with Gasteiger partial charge in [-0.05, 0) is 50.2 Å². The van der Waals surface area contributed by atoms with Crippen LogP contribution < -0.4 is 0 Å². The Labute approximate surface area is 159 Å². The largest absolute Gasteiger partial charge is 0.454 e. The Morgan fingerprint density at radius 3 is 2.23 bits per heavy atom. The van der Waals surface area contributed by atoms with Gasteiger partial charge in [-0.25, -0.2) is 14.8 Å². The van der Waals surface area contributed by atoms with Crippen LogP contribution in [0.3, 0.4) is 0 Å². The summed E-state index contributed by atoms with van der Waals surface area (Å²) in [6, 6.07) is 9.38. The van der Waals surface area contributed by atoms with Crippen LogP contribution in [0.4, 0.5) is 0 Å². The summed E-state index contributed by atoms with van der Waals surface area (Å²) < 4.78 is 5.10. The Kier molecular flexibility index (Phi) is 5.20. The van der Waals surface area contributed by atoms with Crippen molar-refractivity contribution >= 4 is 46.0 Å². The number of carbonyl (C=O) groups excluding carboxylic acids is 2. The standard InChI is InChI=1S/C19H14Cl2N2O3/c1-10-11(2)23-17-8-13(4-6-16(17)22-10)19(25)26-9-18(24)12-3-5-14(20)15(21)7-12/h3-8H,9H2,1-2H3. The summed E-state index contributed by atoms with van der Waals surface area (Å²) in [5.74, 6) is -0.982. The van der Waals surface area contributed by atoms with E-state index in [0.717, 1.165) is 11.4 Å². The predicted molar refractivity (Wildman–Crippen MR) is 100 cm³/mol. The molecule has 1 aromatic heterocycles. The highest BCUT2D eigenvalue weighted by atomic mass is 35.5. The number of rotatable bonds is 4. The lowest BCUT2D eigenvalue weighted by atomic mass is 10.1. The molecule has 0 amide bonds. The first kappa shape index (κ1) is 18.3. The van der Waals surface area contributed by atoms with Crippen molar-refractivity contribution in [3.8, 4) is 0 Å². The molecule has 26 heavy (non-hydrogen) atoms. The first-order valence-corrected chi connectivity index (χ1v) is 8.51. The molecular formula is C19H14Cl2N2O3. The number of Topliss-reactive ketones (excluding diaryl/α,β-unsaturated/α-hetero) is 1. The minimum Gasteiger partial charge on any atom is -0.454 e. The number of halogens is 2. The van der Waals surface area contributed by atoms with Gasteiger partial charge >= 0.3 is 5.97 Å². The van der Waals surface area contributed by atoms with Crippen molar-refractivity contribution in [1.29, 1.82) is 0 Å². The van der Waals surface area contributed by atoms with Crippen LogP contribution in [0.5, 0.6) is 0 Å². The third kappa shape index (κ3) is 3.84. The zero-order valence-electron chi connectivity index (χ0n) is 14.0. The van der Waals surface area contributed by atoms with Crippen molar-refractivity contribution < 1.29 is 14.3 Å². The number of ether oxygens (including phenoxy) is 1. The van der Waals surface area contributed by atoms with E-state index in [-0.39, 0.29) is 10.8 Å². The fourth-order valence-corrected chi connectivity index (χ4v) is 2.62. The zero-order valence-corrected chi connectivity index (χ0v) is 15.6. The molecule has 0 aliphatic heterocycles. The molecule has 0 radical (unpaired) electrons. The summed E-state index contributed by atoms with van der Waals surface area (Å²) >= 11 is 11.7. The van der Waals surface area contributed by atoms with Gasteiger partial charge in [0, 0.05) is 5.56 Å². The first-order chi connectivity index (χ1) is 12.3. The van der Waals surface area contributed by atoms with Crippen LogP contribution in [0.2, 0.25) is 10.0 Å². The zero-order chi connectivity index (χ0) is 18.8. The maximum atomic E-state index is 12.2. The van der Waals surface area contributed by atoms with Crippen LogP contribution in [-0.2, 0) is 4.74 Å². The lowest BCUT2D eigenvalue weighted by molar-refractivity contribution is 0.0475. The van der Waals surface area contributed by atoms with E-state index in [9.17, 15) is 9.59 Å². The lowest BCUT2D eigenvalue weighted by Gasteiger charge is -2.07. The predicted octanol–water partition coefficient (Wildman–Crippen LogP) is 4.59. The average molecular weight is 389 g/mol. The highest BCUT2D eigenvalue weighted by Crippen LogP contribution is 2.23. The second-order valence-electron chi connectivity index (χ2n) is 5.73. The molecule has 2 aromatic carbocycles. The van der Waals surface area contributed by atoms with Crippen LogP contribution in [0.1, 0.15) is 32.1 Å². The maximum absolute atomic E-state index is 12.2. The van der Waals surface area contributed by atoms with Gasteiger partial charge in [-0.2, -0.15) is 0 Å². The molecule has 0 aliphatic rings. The van der Waals surface area contributed by atoms with Crippen molar-refractivity contribution in [2.24, 2.45) is 0 Å². The lowest BCUT2D eigenvalue weighted by Crippen LogP contribution is -2.14. The highest BCUT2D eigenvalue weighted by molar-refractivity contribution is 6.42. The van der Waals surface area contributed by atoms with Gasteiger partial charge in [0.15, 0.2) is 12.4 Å². The smallest absolute Gasteiger partial charge is 0.338 e. The summed E-state index contributed by atoms with van der Waals surface area (Å²) in [7, 11) is 0. The van der Waals surface area contributed by atoms with Crippen molar-refractivity contribution in [1.82, 2.24) is 9.97 Å². The number of hydrogen-bond donors (Lipinski definition) is 0. The molecule has 132 valence electrons. The Bertz CT molecular complexity index is 1030. The molecule has 1 heterocycles. The minimum atomic E-state index is -0.611. The number of fused-ring (bicyclic) bond motifs is 1. The summed E-state index contributed by atoms with van der Waals surface area (Å²) in [5.41, 5.74) is 3.53. The second-order valence-corrected chi connectivity index (χ2v) is 6.54. The van der Waals surface area contributed by atoms with E-state index in [0.29, 0.717) is 27.2 Å². The van der Waals surface area contributed by atoms with Crippen molar-refractivity contribution in [3.63, 3.8) is 0 Å². The topological polar surface area (TPSA) is 69.2 Å². The Hall–Kier alpha value is -2.50. The molecule has 0 atom stereocenters. The van der Waals surface area contributed by atoms with Crippen molar-refractivity contribution in [3.05, 3.63) is 69.0 Å². The minimum absolute atomic E-state index is 0.266. The Balaban J connectivity index is 1.73. The Morgan fingerprint density at radius 1 is 0.885 bits per heavy atom. The van der Waals surface area contributed by atoms with Crippen LogP contribution in [0.25, 0.3) is 11.0 Å². The van der Waals surface area contributed by atoms with Crippen molar-refractivity contribution in [2.75, 3.05) is 6.61 Å². The van der Waals surface area contributed by atoms with Gasteiger partial charge in [0.2, 0.25) is 0 Å². The number of carbonyl (C=O) groups is 2. The number of benzene rings is 2. The molecule has 0 fully saturated rings. The van der Waals surface area contributed by atoms with Gasteiger partial charge in [0.05, 0.1) is 38.0 Å². The number of hydrogen-bond acceptors (Lipinski definition) is 5. The molecule has 5 nitrogen and oxygen atoms in total. The number of nitrogens with zero attached hydrogens (tertiary/aromatic N) is 2. The number of ketones is 1. The molecular weight excluding hydrogens is 375 g/mol. The summed E-state index contributed by atoms with van der Waals surface area (Å²) in [4.78, 5) is 33.2. The van der Waals surface area contributed by atoms with Crippen LogP contribution >= 0.6 is 23.2 Å². The fraction of sp³-hybridized carbons (Fsp3) is 0.158. The number of aryl methyl sites for hydroxylation is 2. The van der Waals surface area contributed by atoms with E-state index in [1.165, 1.54) is 18.2 Å². The van der Waals surface area contributed by atoms with Crippen LogP contribution in [-0.4, -0.2) is 28.3 Å². The van der Waals surface area contributed by atoms with E-state index in [2.05, 4.69) is 9.97 Å². The average Bonchev–Trinajstić information content (AvgIpc) is 2.62. The molecule has 0 aliphatic carbocycles. The maximum Gasteiger partial charge on any atom is 0.338 e. The van der Waals surface area contributed by atoms with E-state index >= 15 is 0 Å². The van der Waals surface area contributed by atoms with E-state index < -0.39 is 12.6 Å². The third-order valence-corrected chi connectivity index (χ3v) is 4.63. The summed E-state index contributed by atoms with van der Waals surface area (Å²) in [6.07, 6.45) is 0. The second kappa shape index (κ2) is 7.40. The quantitative estimate of drug-likeness (QED) is 0.482. The molecule has 0 unspecified atom stereocenters. The monoisotopic (exact) mass is 388 g/mol. The summed E-state index contributed by atoms with van der Waals surface area (Å²) in [5, 5.41) is 0.616. The van der Waals surface area contributed by atoms with Gasteiger partial charge in [-0.3, -0.25) is 4.79 Å². The molecule has 7 heteroatoms. The highest BCUT2D eigenvalue weighted by Gasteiger charge is 2.14. The van der Waals surface area contributed by atoms with Gasteiger partial charge in [0.25, 0.3) is 0 Å². The SMILES string of the molecule is Cc1nc2ccc(C(=O)OCC(=O)c3ccc(Cl)c(Cl)c3)cc2nc1C. The molecule has 0 bridgehead atoms. The van der Waals surface area contributed by atoms with E-state index in [1.54, 1.807) is 18.2 Å². The van der Waals surface area contributed by atoms with Gasteiger partial charge < -0.3 is 4.74 Å². The normalized spacial score (nSPS) is 10.8. The van der Waals surface area contributed by atoms with Crippen molar-refractivity contribution in [2.45, 2.75) is 13.8 Å². The Morgan fingerprint density at radius 2 is 1.54 bits per heavy atom. The molecule has 0 saturated carbocycles. The molecule has 3 rings (SSSR count). The number of aromatic nitrogens is 2. The van der Waals surface area contributed by atoms with Gasteiger partial charge in [-0.15, -0.1) is 0 Å². The molecule has 0 N–H and O–H groups in total. The first-order valence-electron chi connectivity index (χ1n) is 7.75. The van der Waals surface area contributed by atoms with E-state index in [4.69, 9.17) is 27.9 Å². The van der Waals surface area contributed by atoms with Crippen LogP contribution in [0.15, 0.2) is 36.4 Å². The third-order valence-electron chi connectivity index (χ3n) is 3.89. The fourth-order valence-electron chi connectivity index (χ4n) is 2.32. The van der Waals surface area contributed by atoms with E-state index in [1.807, 2.05) is 13.8 Å². The summed E-state index contributed by atoms with van der Waals surface area (Å²) in [6.45, 7) is 3.33. The molecule has 0 saturated heterocycles. The number of esters is 1. The van der Waals surface area contributed by atoms with Crippen LogP contribution in [0, 0.1) is 13.8 Å². The molecule has 0 spiro atoms. The molecule has 3 aromatic rings. The van der Waals surface area contributed by atoms with Gasteiger partial charge in [-0.1, -0.05) is 23.2 Å². The van der Waals surface area contributed by atoms with Gasteiger partial charge in [0.1, 0.15) is 0 Å².